The number of rotatable bonds is 7. The van der Waals surface area contributed by atoms with Gasteiger partial charge in [0.1, 0.15) is 18.2 Å². The molecule has 0 aliphatic rings. The molecule has 0 aliphatic carbocycles. The Kier molecular flexibility index (Phi) is 6.05. The van der Waals surface area contributed by atoms with Crippen LogP contribution in [0.1, 0.15) is 23.5 Å². The maximum absolute atomic E-state index is 13.4. The number of anilines is 1. The summed E-state index contributed by atoms with van der Waals surface area (Å²) in [6, 6.07) is 3.11. The molecule has 2 heterocycles. The number of hydrogen-bond acceptors (Lipinski definition) is 4. The third-order valence-electron chi connectivity index (χ3n) is 3.86. The Hall–Kier alpha value is -1.67. The summed E-state index contributed by atoms with van der Waals surface area (Å²) in [6.07, 6.45) is 4.00. The van der Waals surface area contributed by atoms with Crippen molar-refractivity contribution in [2.24, 2.45) is 0 Å². The first-order valence-corrected chi connectivity index (χ1v) is 11.0. The maximum atomic E-state index is 13.4. The van der Waals surface area contributed by atoms with Crippen molar-refractivity contribution in [2.45, 2.75) is 27.0 Å². The average Bonchev–Trinajstić information content (AvgIpc) is 2.77. The molecule has 0 atom stereocenters. The van der Waals surface area contributed by atoms with Crippen LogP contribution in [0.4, 0.5) is 14.6 Å². The number of ether oxygens (including phenoxy) is 1. The minimum atomic E-state index is -2.70. The van der Waals surface area contributed by atoms with Crippen LogP contribution in [0, 0.1) is 13.8 Å². The molecule has 2 aromatic heterocycles. The highest BCUT2D eigenvalue weighted by Crippen LogP contribution is 2.35. The summed E-state index contributed by atoms with van der Waals surface area (Å²) < 4.78 is 34.1. The van der Waals surface area contributed by atoms with Gasteiger partial charge in [-0.1, -0.05) is 0 Å². The number of halogens is 2. The SMILES string of the molecule is Cc1nn(COCCS(C)(C)C)c(C)c1-c1ccc(N)nc1C(F)F. The van der Waals surface area contributed by atoms with E-state index in [-0.39, 0.29) is 11.5 Å². The molecule has 2 aromatic rings. The van der Waals surface area contributed by atoms with Crippen molar-refractivity contribution >= 4 is 15.8 Å². The molecule has 0 spiro atoms. The largest absolute Gasteiger partial charge is 0.384 e. The Morgan fingerprint density at radius 2 is 1.92 bits per heavy atom. The normalized spacial score (nSPS) is 12.8. The summed E-state index contributed by atoms with van der Waals surface area (Å²) in [5.74, 6) is 1.09. The number of alkyl halides is 2. The van der Waals surface area contributed by atoms with Gasteiger partial charge in [0.05, 0.1) is 12.3 Å². The van der Waals surface area contributed by atoms with Crippen molar-refractivity contribution < 1.29 is 13.5 Å². The fourth-order valence-corrected chi connectivity index (χ4v) is 3.16. The zero-order valence-electron chi connectivity index (χ0n) is 15.3. The van der Waals surface area contributed by atoms with E-state index in [2.05, 4.69) is 28.8 Å². The molecule has 2 rings (SSSR count). The van der Waals surface area contributed by atoms with Crippen LogP contribution in [0.15, 0.2) is 12.1 Å². The monoisotopic (exact) mass is 372 g/mol. The number of nitrogens with two attached hydrogens (primary N) is 1. The molecular formula is C17H26F2N4OS. The van der Waals surface area contributed by atoms with Crippen LogP contribution in [0.25, 0.3) is 11.1 Å². The predicted octanol–water partition coefficient (Wildman–Crippen LogP) is 3.75. The second kappa shape index (κ2) is 7.70. The van der Waals surface area contributed by atoms with Crippen molar-refractivity contribution in [1.82, 2.24) is 14.8 Å². The molecule has 0 aromatic carbocycles. The average molecular weight is 372 g/mol. The standard InChI is InChI=1S/C17H26F2N4OS/c1-11-15(13-6-7-14(20)21-16(13)17(18)19)12(2)23(22-11)10-24-8-9-25(3,4)5/h6-7,17H,8-10H2,1-5H3,(H2,20,21). The van der Waals surface area contributed by atoms with E-state index in [1.807, 2.05) is 6.92 Å². The highest BCUT2D eigenvalue weighted by molar-refractivity contribution is 8.32. The lowest BCUT2D eigenvalue weighted by molar-refractivity contribution is 0.0793. The lowest BCUT2D eigenvalue weighted by Gasteiger charge is -2.24. The minimum absolute atomic E-state index is 0.0785. The van der Waals surface area contributed by atoms with Gasteiger partial charge in [0.25, 0.3) is 6.43 Å². The molecule has 0 aliphatic heterocycles. The van der Waals surface area contributed by atoms with Gasteiger partial charge in [-0.25, -0.2) is 28.5 Å². The number of aryl methyl sites for hydroxylation is 1. The third kappa shape index (κ3) is 4.92. The second-order valence-corrected chi connectivity index (χ2v) is 11.4. The first-order valence-electron chi connectivity index (χ1n) is 7.93. The van der Waals surface area contributed by atoms with Gasteiger partial charge in [-0.15, -0.1) is 0 Å². The molecule has 0 saturated carbocycles. The van der Waals surface area contributed by atoms with E-state index in [1.165, 1.54) is 6.07 Å². The Labute approximate surface area is 148 Å². The molecule has 0 radical (unpaired) electrons. The van der Waals surface area contributed by atoms with E-state index in [0.29, 0.717) is 30.2 Å². The highest BCUT2D eigenvalue weighted by Gasteiger charge is 2.22. The van der Waals surface area contributed by atoms with Gasteiger partial charge in [0.2, 0.25) is 0 Å². The van der Waals surface area contributed by atoms with E-state index < -0.39 is 16.5 Å². The molecule has 0 unspecified atom stereocenters. The van der Waals surface area contributed by atoms with Gasteiger partial charge in [-0.3, -0.25) is 0 Å². The van der Waals surface area contributed by atoms with Crippen molar-refractivity contribution in [3.05, 3.63) is 29.2 Å². The zero-order chi connectivity index (χ0) is 18.8. The van der Waals surface area contributed by atoms with E-state index in [0.717, 1.165) is 11.4 Å². The topological polar surface area (TPSA) is 66.0 Å². The molecule has 0 bridgehead atoms. The molecular weight excluding hydrogens is 346 g/mol. The van der Waals surface area contributed by atoms with Crippen LogP contribution in [0.5, 0.6) is 0 Å². The highest BCUT2D eigenvalue weighted by atomic mass is 32.3. The van der Waals surface area contributed by atoms with Gasteiger partial charge in [-0.05, 0) is 44.7 Å². The number of nitrogen functional groups attached to an aromatic ring is 1. The summed E-state index contributed by atoms with van der Waals surface area (Å²) in [5, 5.41) is 4.44. The van der Waals surface area contributed by atoms with E-state index in [9.17, 15) is 8.78 Å². The summed E-state index contributed by atoms with van der Waals surface area (Å²) >= 11 is 0. The molecule has 2 N–H and O–H groups in total. The summed E-state index contributed by atoms with van der Waals surface area (Å²) in [4.78, 5) is 3.81. The Morgan fingerprint density at radius 3 is 2.52 bits per heavy atom. The molecule has 0 fully saturated rings. The van der Waals surface area contributed by atoms with Crippen LogP contribution in [0.2, 0.25) is 0 Å². The van der Waals surface area contributed by atoms with Crippen molar-refractivity contribution in [3.8, 4) is 11.1 Å². The van der Waals surface area contributed by atoms with Crippen LogP contribution >= 0.6 is 10.0 Å². The lowest BCUT2D eigenvalue weighted by atomic mass is 10.0. The minimum Gasteiger partial charge on any atom is -0.384 e. The quantitative estimate of drug-likeness (QED) is 0.752. The lowest BCUT2D eigenvalue weighted by Crippen LogP contribution is -2.11. The molecule has 8 heteroatoms. The maximum Gasteiger partial charge on any atom is 0.281 e. The van der Waals surface area contributed by atoms with Gasteiger partial charge in [0, 0.05) is 22.6 Å². The van der Waals surface area contributed by atoms with E-state index in [1.54, 1.807) is 17.7 Å². The van der Waals surface area contributed by atoms with Gasteiger partial charge in [-0.2, -0.15) is 5.10 Å². The van der Waals surface area contributed by atoms with Crippen molar-refractivity contribution in [2.75, 3.05) is 36.9 Å². The first kappa shape index (κ1) is 19.7. The molecule has 0 amide bonds. The summed E-state index contributed by atoms with van der Waals surface area (Å²) in [5.41, 5.74) is 7.70. The van der Waals surface area contributed by atoms with E-state index in [4.69, 9.17) is 10.5 Å². The zero-order valence-corrected chi connectivity index (χ0v) is 16.2. The van der Waals surface area contributed by atoms with Crippen LogP contribution in [0.3, 0.4) is 0 Å². The van der Waals surface area contributed by atoms with Crippen molar-refractivity contribution in [1.29, 1.82) is 0 Å². The number of hydrogen-bond donors (Lipinski definition) is 1. The summed E-state index contributed by atoms with van der Waals surface area (Å²) in [6.45, 7) is 4.59. The van der Waals surface area contributed by atoms with Gasteiger partial charge < -0.3 is 10.5 Å². The fraction of sp³-hybridized carbons (Fsp3) is 0.529. The molecule has 140 valence electrons. The third-order valence-corrected chi connectivity index (χ3v) is 5.25. The first-order chi connectivity index (χ1) is 11.6. The van der Waals surface area contributed by atoms with Crippen LogP contribution in [-0.2, 0) is 11.5 Å². The Balaban J connectivity index is 2.26. The van der Waals surface area contributed by atoms with Crippen LogP contribution in [-0.4, -0.2) is 45.9 Å². The molecule has 5 nitrogen and oxygen atoms in total. The van der Waals surface area contributed by atoms with E-state index >= 15 is 0 Å². The smallest absolute Gasteiger partial charge is 0.281 e. The molecule has 25 heavy (non-hydrogen) atoms. The second-order valence-electron chi connectivity index (χ2n) is 6.85. The predicted molar refractivity (Wildman–Crippen MR) is 100 cm³/mol. The van der Waals surface area contributed by atoms with Gasteiger partial charge >= 0.3 is 0 Å². The van der Waals surface area contributed by atoms with Crippen LogP contribution < -0.4 is 5.73 Å². The summed E-state index contributed by atoms with van der Waals surface area (Å²) in [7, 11) is -0.612. The van der Waals surface area contributed by atoms with Gasteiger partial charge in [0.15, 0.2) is 0 Å². The number of pyridine rings is 1. The van der Waals surface area contributed by atoms with Crippen molar-refractivity contribution in [3.63, 3.8) is 0 Å². The fourth-order valence-electron chi connectivity index (χ4n) is 2.54. The Bertz CT molecular complexity index is 741. The Morgan fingerprint density at radius 1 is 1.24 bits per heavy atom. The number of nitrogens with zero attached hydrogens (tertiary/aromatic N) is 3. The number of aromatic nitrogens is 3. The molecule has 0 saturated heterocycles.